The lowest BCUT2D eigenvalue weighted by Crippen LogP contribution is -2.45. The third kappa shape index (κ3) is 10.1. The van der Waals surface area contributed by atoms with Crippen LogP contribution in [0.1, 0.15) is 81.2 Å². The Kier molecular flexibility index (Phi) is 13.7. The Morgan fingerprint density at radius 1 is 1.17 bits per heavy atom. The number of carbonyl (C=O) groups is 2. The number of nitrogens with one attached hydrogen (secondary N) is 2. The number of anilines is 1. The van der Waals surface area contributed by atoms with Crippen LogP contribution >= 0.6 is 11.3 Å². The lowest BCUT2D eigenvalue weighted by Gasteiger charge is -2.34. The number of thiazole rings is 1. The van der Waals surface area contributed by atoms with Crippen molar-refractivity contribution in [2.45, 2.75) is 85.8 Å². The summed E-state index contributed by atoms with van der Waals surface area (Å²) in [7, 11) is 3.38. The molecule has 1 aliphatic heterocycles. The van der Waals surface area contributed by atoms with Crippen LogP contribution in [-0.4, -0.2) is 50.3 Å². The molecule has 1 saturated carbocycles. The first kappa shape index (κ1) is 37.2. The van der Waals surface area contributed by atoms with Crippen molar-refractivity contribution in [2.75, 3.05) is 26.1 Å². The summed E-state index contributed by atoms with van der Waals surface area (Å²) in [4.78, 5) is 27.1. The van der Waals surface area contributed by atoms with Crippen LogP contribution in [0.4, 0.5) is 14.5 Å². The van der Waals surface area contributed by atoms with Gasteiger partial charge in [0, 0.05) is 37.1 Å². The second-order valence-electron chi connectivity index (χ2n) is 12.5. The van der Waals surface area contributed by atoms with Gasteiger partial charge in [0.25, 0.3) is 5.91 Å². The number of benzene rings is 2. The quantitative estimate of drug-likeness (QED) is 0.201. The molecule has 5 atom stereocenters. The van der Waals surface area contributed by atoms with Crippen molar-refractivity contribution in [1.29, 1.82) is 0 Å². The number of hydrogen-bond acceptors (Lipinski definition) is 7. The zero-order chi connectivity index (χ0) is 34.0. The number of rotatable bonds is 11. The Morgan fingerprint density at radius 2 is 1.91 bits per heavy atom. The number of hydrogen-bond donors (Lipinski definition) is 2. The number of carbonyl (C=O) groups excluding carboxylic acids is 2. The fraction of sp³-hybridized carbons (Fsp3) is 0.571. The molecule has 1 aromatic heterocycles. The summed E-state index contributed by atoms with van der Waals surface area (Å²) < 4.78 is 41.3. The van der Waals surface area contributed by atoms with Crippen LogP contribution in [0.2, 0.25) is 0 Å². The minimum absolute atomic E-state index is 0.0485. The summed E-state index contributed by atoms with van der Waals surface area (Å²) in [6, 6.07) is 8.46. The van der Waals surface area contributed by atoms with Gasteiger partial charge in [-0.15, -0.1) is 11.3 Å². The second-order valence-corrected chi connectivity index (χ2v) is 13.7. The predicted molar refractivity (Wildman–Crippen MR) is 180 cm³/mol. The van der Waals surface area contributed by atoms with Gasteiger partial charge in [-0.3, -0.25) is 9.59 Å². The monoisotopic (exact) mass is 661 g/mol. The molecule has 1 fully saturated rings. The molecule has 0 bridgehead atoms. The van der Waals surface area contributed by atoms with E-state index in [1.165, 1.54) is 42.7 Å². The largest absolute Gasteiger partial charge is 0.496 e. The van der Waals surface area contributed by atoms with Crippen molar-refractivity contribution < 1.29 is 32.6 Å². The number of methoxy groups -OCH3 is 2. The zero-order valence-electron chi connectivity index (χ0n) is 28.2. The number of aromatic nitrogens is 1. The van der Waals surface area contributed by atoms with Gasteiger partial charge in [-0.05, 0) is 68.1 Å². The first-order valence-corrected chi connectivity index (χ1v) is 16.8. The average molecular weight is 662 g/mol. The van der Waals surface area contributed by atoms with Crippen LogP contribution in [0.15, 0.2) is 30.3 Å². The molecule has 46 heavy (non-hydrogen) atoms. The highest BCUT2D eigenvalue weighted by molar-refractivity contribution is 7.19. The van der Waals surface area contributed by atoms with Crippen LogP contribution in [0.3, 0.4) is 0 Å². The normalized spacial score (nSPS) is 19.4. The van der Waals surface area contributed by atoms with Gasteiger partial charge in [0.2, 0.25) is 6.41 Å². The van der Waals surface area contributed by atoms with E-state index in [0.717, 1.165) is 40.1 Å². The molecule has 2 amide bonds. The summed E-state index contributed by atoms with van der Waals surface area (Å²) in [5, 5.41) is 6.44. The second kappa shape index (κ2) is 17.0. The first-order chi connectivity index (χ1) is 21.8. The Balaban J connectivity index is 0.000000197. The average Bonchev–Trinajstić information content (AvgIpc) is 3.55. The van der Waals surface area contributed by atoms with Crippen LogP contribution in [0.25, 0.3) is 10.2 Å². The molecule has 11 heteroatoms. The number of alkyl halides is 2. The van der Waals surface area contributed by atoms with Crippen molar-refractivity contribution in [3.63, 3.8) is 0 Å². The van der Waals surface area contributed by atoms with Gasteiger partial charge in [-0.2, -0.15) is 8.78 Å². The summed E-state index contributed by atoms with van der Waals surface area (Å²) in [6.07, 6.45) is 1.78. The smallest absolute Gasteiger partial charge is 0.402 e. The molecular weight excluding hydrogens is 612 g/mol. The van der Waals surface area contributed by atoms with Gasteiger partial charge in [-0.1, -0.05) is 47.1 Å². The molecule has 2 aromatic carbocycles. The minimum atomic E-state index is -3.12. The van der Waals surface area contributed by atoms with Gasteiger partial charge < -0.3 is 24.8 Å². The van der Waals surface area contributed by atoms with E-state index in [1.807, 2.05) is 19.1 Å². The van der Waals surface area contributed by atoms with Crippen LogP contribution in [-0.2, 0) is 16.0 Å². The molecule has 2 N–H and O–H groups in total. The molecule has 2 heterocycles. The van der Waals surface area contributed by atoms with E-state index in [4.69, 9.17) is 9.47 Å². The number of halogens is 2. The van der Waals surface area contributed by atoms with Crippen molar-refractivity contribution in [1.82, 2.24) is 10.3 Å². The Morgan fingerprint density at radius 3 is 2.50 bits per heavy atom. The molecule has 5 rings (SSSR count). The molecule has 1 aliphatic carbocycles. The molecule has 8 nitrogen and oxygen atoms in total. The van der Waals surface area contributed by atoms with Gasteiger partial charge in [0.05, 0.1) is 28.8 Å². The maximum Gasteiger partial charge on any atom is 0.402 e. The molecule has 0 spiro atoms. The van der Waals surface area contributed by atoms with E-state index in [1.54, 1.807) is 20.3 Å². The summed E-state index contributed by atoms with van der Waals surface area (Å²) >= 11 is 1.54. The van der Waals surface area contributed by atoms with E-state index >= 15 is 0 Å². The van der Waals surface area contributed by atoms with Crippen molar-refractivity contribution >= 4 is 39.6 Å². The topological polar surface area (TPSA) is 98.8 Å². The molecule has 2 aliphatic rings. The number of nitrogens with zero attached hydrogens (tertiary/aromatic N) is 1. The van der Waals surface area contributed by atoms with E-state index in [2.05, 4.69) is 55.0 Å². The number of aryl methyl sites for hydroxylation is 1. The fourth-order valence-electron chi connectivity index (χ4n) is 5.59. The zero-order valence-corrected chi connectivity index (χ0v) is 29.1. The number of amides is 2. The van der Waals surface area contributed by atoms with Crippen LogP contribution < -0.4 is 20.1 Å². The van der Waals surface area contributed by atoms with Gasteiger partial charge in [0.1, 0.15) is 17.1 Å². The number of fused-ring (bicyclic) bond motifs is 2. The highest BCUT2D eigenvalue weighted by Gasteiger charge is 2.39. The fourth-order valence-corrected chi connectivity index (χ4v) is 6.54. The molecule has 254 valence electrons. The predicted octanol–water partition coefficient (Wildman–Crippen LogP) is 8.27. The van der Waals surface area contributed by atoms with E-state index < -0.39 is 12.5 Å². The number of ether oxygens (including phenoxy) is 3. The van der Waals surface area contributed by atoms with Gasteiger partial charge in [-0.25, -0.2) is 4.98 Å². The summed E-state index contributed by atoms with van der Waals surface area (Å²) in [5.74, 6) is 3.65. The molecule has 3 aromatic rings. The third-order valence-electron chi connectivity index (χ3n) is 8.80. The molecule has 0 radical (unpaired) electrons. The van der Waals surface area contributed by atoms with E-state index in [9.17, 15) is 18.4 Å². The van der Waals surface area contributed by atoms with Crippen molar-refractivity contribution in [3.8, 4) is 11.5 Å². The SMILES string of the molecule is CCC(C)C(C)CC(C)COC.COc1ccc2nc(C)sc2c1C(=O)NC1CC[C@@H]1C.O=CNc1ccc2c(c1)OC(F)(F)C2. The van der Waals surface area contributed by atoms with Gasteiger partial charge in [0.15, 0.2) is 0 Å². The van der Waals surface area contributed by atoms with Crippen LogP contribution in [0, 0.1) is 30.6 Å². The maximum atomic E-state index is 12.7. The van der Waals surface area contributed by atoms with Gasteiger partial charge >= 0.3 is 6.11 Å². The van der Waals surface area contributed by atoms with E-state index in [-0.39, 0.29) is 17.7 Å². The highest BCUT2D eigenvalue weighted by Crippen LogP contribution is 2.38. The Hall–Kier alpha value is -3.31. The summed E-state index contributed by atoms with van der Waals surface area (Å²) in [5.41, 5.74) is 2.37. The standard InChI is InChI=1S/C15H18N2O2S.C11H24O.C9H7F2NO2/c1-8-4-5-10(8)17-15(18)13-12(19-3)7-6-11-14(13)20-9(2)16-11;1-6-10(3)11(4)7-9(2)8-12-5;10-9(11)4-6-1-2-7(12-5-13)3-8(6)14-9/h6-8,10H,4-5H2,1-3H3,(H,17,18);9-11H,6-8H2,1-5H3;1-3,5H,4H2,(H,12,13)/t8-,10?;;/m0../s1. The highest BCUT2D eigenvalue weighted by atomic mass is 32.1. The Labute approximate surface area is 275 Å². The first-order valence-electron chi connectivity index (χ1n) is 16.0. The summed E-state index contributed by atoms with van der Waals surface area (Å²) in [6.45, 7) is 14.2. The third-order valence-corrected chi connectivity index (χ3v) is 9.80. The Bertz CT molecular complexity index is 1450. The molecule has 0 saturated heterocycles. The maximum absolute atomic E-state index is 12.7. The molecule has 4 unspecified atom stereocenters. The van der Waals surface area contributed by atoms with Crippen molar-refractivity contribution in [2.24, 2.45) is 23.7 Å². The van der Waals surface area contributed by atoms with E-state index in [0.29, 0.717) is 40.8 Å². The lowest BCUT2D eigenvalue weighted by atomic mass is 9.81. The lowest BCUT2D eigenvalue weighted by molar-refractivity contribution is -0.159. The van der Waals surface area contributed by atoms with Crippen molar-refractivity contribution in [3.05, 3.63) is 46.5 Å². The minimum Gasteiger partial charge on any atom is -0.496 e. The molecular formula is C35H49F2N3O5S. The van der Waals surface area contributed by atoms with Crippen LogP contribution in [0.5, 0.6) is 11.5 Å².